The lowest BCUT2D eigenvalue weighted by atomic mass is 10.1. The lowest BCUT2D eigenvalue weighted by Gasteiger charge is -2.17. The molecule has 0 atom stereocenters. The number of fused-ring (bicyclic) bond motifs is 1. The number of amides is 3. The number of carbonyl (C=O) groups excluding carboxylic acids is 4. The number of hydrogen-bond donors (Lipinski definition) is 0. The molecule has 2 aromatic rings. The first-order chi connectivity index (χ1) is 14.8. The van der Waals surface area contributed by atoms with Crippen LogP contribution in [0, 0.1) is 5.92 Å². The highest BCUT2D eigenvalue weighted by molar-refractivity contribution is 6.22. The molecule has 1 heterocycles. The minimum atomic E-state index is -0.717. The van der Waals surface area contributed by atoms with Crippen molar-refractivity contribution in [3.05, 3.63) is 70.8 Å². The average molecular weight is 422 g/mol. The quantitative estimate of drug-likeness (QED) is 0.482. The summed E-state index contributed by atoms with van der Waals surface area (Å²) in [6.07, 6.45) is 0.707. The van der Waals surface area contributed by atoms with Crippen LogP contribution in [-0.2, 0) is 16.1 Å². The zero-order valence-electron chi connectivity index (χ0n) is 18.0. The third-order valence-electron chi connectivity index (χ3n) is 5.15. The Morgan fingerprint density at radius 3 is 2.35 bits per heavy atom. The van der Waals surface area contributed by atoms with Gasteiger partial charge in [0.25, 0.3) is 17.7 Å². The lowest BCUT2D eigenvalue weighted by molar-refractivity contribution is -0.133. The van der Waals surface area contributed by atoms with E-state index in [0.717, 1.165) is 5.56 Å². The first-order valence-corrected chi connectivity index (χ1v) is 10.2. The molecular weight excluding hydrogens is 396 g/mol. The van der Waals surface area contributed by atoms with Crippen molar-refractivity contribution in [2.75, 3.05) is 20.2 Å². The number of ether oxygens (including phenoxy) is 1. The van der Waals surface area contributed by atoms with E-state index in [9.17, 15) is 19.2 Å². The standard InChI is InChI=1S/C24H26N2O5/c1-16(2)11-12-26-22(28)19-10-9-18(13-20(19)23(26)29)24(30)31-15-21(27)25(3)14-17-7-5-4-6-8-17/h4-10,13,16H,11-12,14-15H2,1-3H3. The third kappa shape index (κ3) is 5.17. The Bertz CT molecular complexity index is 1000. The Morgan fingerprint density at radius 1 is 1.00 bits per heavy atom. The van der Waals surface area contributed by atoms with Gasteiger partial charge >= 0.3 is 5.97 Å². The van der Waals surface area contributed by atoms with Gasteiger partial charge in [0.05, 0.1) is 16.7 Å². The molecule has 7 heteroatoms. The second-order valence-corrected chi connectivity index (χ2v) is 8.02. The maximum Gasteiger partial charge on any atom is 0.338 e. The number of imide groups is 1. The van der Waals surface area contributed by atoms with Gasteiger partial charge in [0.15, 0.2) is 6.61 Å². The first kappa shape index (κ1) is 22.2. The maximum absolute atomic E-state index is 12.6. The SMILES string of the molecule is CC(C)CCN1C(=O)c2ccc(C(=O)OCC(=O)N(C)Cc3ccccc3)cc2C1=O. The minimum absolute atomic E-state index is 0.129. The summed E-state index contributed by atoms with van der Waals surface area (Å²) < 4.78 is 5.14. The smallest absolute Gasteiger partial charge is 0.338 e. The van der Waals surface area contributed by atoms with Crippen molar-refractivity contribution in [3.8, 4) is 0 Å². The molecule has 3 rings (SSSR count). The molecule has 7 nitrogen and oxygen atoms in total. The second kappa shape index (κ2) is 9.55. The van der Waals surface area contributed by atoms with Crippen LogP contribution in [0.15, 0.2) is 48.5 Å². The third-order valence-corrected chi connectivity index (χ3v) is 5.15. The summed E-state index contributed by atoms with van der Waals surface area (Å²) in [5.74, 6) is -1.46. The van der Waals surface area contributed by atoms with Crippen molar-refractivity contribution in [2.24, 2.45) is 5.92 Å². The molecule has 31 heavy (non-hydrogen) atoms. The molecule has 0 fully saturated rings. The summed E-state index contributed by atoms with van der Waals surface area (Å²) in [7, 11) is 1.63. The number of likely N-dealkylation sites (N-methyl/N-ethyl adjacent to an activating group) is 1. The van der Waals surface area contributed by atoms with E-state index in [-0.39, 0.29) is 28.5 Å². The molecule has 1 aliphatic rings. The van der Waals surface area contributed by atoms with Gasteiger partial charge in [0.2, 0.25) is 0 Å². The highest BCUT2D eigenvalue weighted by atomic mass is 16.5. The molecule has 0 aromatic heterocycles. The Morgan fingerprint density at radius 2 is 1.68 bits per heavy atom. The molecule has 0 bridgehead atoms. The molecule has 2 aromatic carbocycles. The van der Waals surface area contributed by atoms with Crippen LogP contribution in [0.25, 0.3) is 0 Å². The number of hydrogen-bond acceptors (Lipinski definition) is 5. The number of benzene rings is 2. The van der Waals surface area contributed by atoms with E-state index in [1.54, 1.807) is 7.05 Å². The van der Waals surface area contributed by atoms with Crippen LogP contribution < -0.4 is 0 Å². The molecule has 0 unspecified atom stereocenters. The van der Waals surface area contributed by atoms with Crippen LogP contribution in [0.4, 0.5) is 0 Å². The van der Waals surface area contributed by atoms with Gasteiger partial charge in [-0.1, -0.05) is 44.2 Å². The summed E-state index contributed by atoms with van der Waals surface area (Å²) in [6.45, 7) is 4.37. The summed E-state index contributed by atoms with van der Waals surface area (Å²) in [5.41, 5.74) is 1.57. The van der Waals surface area contributed by atoms with Crippen molar-refractivity contribution in [2.45, 2.75) is 26.8 Å². The Kier molecular flexibility index (Phi) is 6.84. The van der Waals surface area contributed by atoms with E-state index in [1.807, 2.05) is 44.2 Å². The van der Waals surface area contributed by atoms with Crippen molar-refractivity contribution < 1.29 is 23.9 Å². The zero-order valence-corrected chi connectivity index (χ0v) is 18.0. The van der Waals surface area contributed by atoms with Gasteiger partial charge in [-0.2, -0.15) is 0 Å². The molecule has 1 aliphatic heterocycles. The second-order valence-electron chi connectivity index (χ2n) is 8.02. The average Bonchev–Trinajstić information content (AvgIpc) is 3.00. The van der Waals surface area contributed by atoms with Gasteiger partial charge < -0.3 is 9.64 Å². The molecule has 0 saturated heterocycles. The molecule has 0 radical (unpaired) electrons. The van der Waals surface area contributed by atoms with E-state index < -0.39 is 18.5 Å². The fraction of sp³-hybridized carbons (Fsp3) is 0.333. The molecule has 0 aliphatic carbocycles. The Balaban J connectivity index is 1.60. The molecule has 0 spiro atoms. The van der Waals surface area contributed by atoms with Gasteiger partial charge in [-0.15, -0.1) is 0 Å². The highest BCUT2D eigenvalue weighted by Gasteiger charge is 2.35. The van der Waals surface area contributed by atoms with E-state index >= 15 is 0 Å². The summed E-state index contributed by atoms with van der Waals surface area (Å²) in [5, 5.41) is 0. The van der Waals surface area contributed by atoms with E-state index in [2.05, 4.69) is 0 Å². The predicted octanol–water partition coefficient (Wildman–Crippen LogP) is 3.14. The van der Waals surface area contributed by atoms with Crippen LogP contribution in [0.5, 0.6) is 0 Å². The summed E-state index contributed by atoms with van der Waals surface area (Å²) >= 11 is 0. The van der Waals surface area contributed by atoms with Crippen molar-refractivity contribution in [3.63, 3.8) is 0 Å². The highest BCUT2D eigenvalue weighted by Crippen LogP contribution is 2.25. The predicted molar refractivity (Wildman–Crippen MR) is 114 cm³/mol. The van der Waals surface area contributed by atoms with Crippen LogP contribution in [-0.4, -0.2) is 53.7 Å². The van der Waals surface area contributed by atoms with Gasteiger partial charge in [0, 0.05) is 20.1 Å². The summed E-state index contributed by atoms with van der Waals surface area (Å²) in [6, 6.07) is 13.7. The fourth-order valence-electron chi connectivity index (χ4n) is 3.27. The van der Waals surface area contributed by atoms with Crippen molar-refractivity contribution in [1.29, 1.82) is 0 Å². The van der Waals surface area contributed by atoms with Crippen LogP contribution in [0.2, 0.25) is 0 Å². The lowest BCUT2D eigenvalue weighted by Crippen LogP contribution is -2.31. The molecule has 162 valence electrons. The summed E-state index contributed by atoms with van der Waals surface area (Å²) in [4.78, 5) is 52.5. The molecule has 0 saturated carbocycles. The first-order valence-electron chi connectivity index (χ1n) is 10.2. The van der Waals surface area contributed by atoms with E-state index in [4.69, 9.17) is 4.74 Å². The Labute approximate surface area is 181 Å². The van der Waals surface area contributed by atoms with Crippen molar-refractivity contribution >= 4 is 23.7 Å². The Hall–Kier alpha value is -3.48. The largest absolute Gasteiger partial charge is 0.452 e. The van der Waals surface area contributed by atoms with Crippen LogP contribution in [0.3, 0.4) is 0 Å². The van der Waals surface area contributed by atoms with Gasteiger partial charge in [-0.05, 0) is 36.1 Å². The maximum atomic E-state index is 12.6. The molecule has 3 amide bonds. The van der Waals surface area contributed by atoms with Gasteiger partial charge in [0.1, 0.15) is 0 Å². The van der Waals surface area contributed by atoms with Gasteiger partial charge in [-0.3, -0.25) is 19.3 Å². The number of carbonyl (C=O) groups is 4. The number of esters is 1. The topological polar surface area (TPSA) is 84.0 Å². The normalized spacial score (nSPS) is 12.8. The minimum Gasteiger partial charge on any atom is -0.452 e. The zero-order chi connectivity index (χ0) is 22.5. The van der Waals surface area contributed by atoms with Crippen LogP contribution >= 0.6 is 0 Å². The van der Waals surface area contributed by atoms with Crippen molar-refractivity contribution in [1.82, 2.24) is 9.80 Å². The van der Waals surface area contributed by atoms with Gasteiger partial charge in [-0.25, -0.2) is 4.79 Å². The van der Waals surface area contributed by atoms with Crippen LogP contribution in [0.1, 0.15) is 56.9 Å². The monoisotopic (exact) mass is 422 g/mol. The van der Waals surface area contributed by atoms with E-state index in [1.165, 1.54) is 28.0 Å². The molecular formula is C24H26N2O5. The fourth-order valence-corrected chi connectivity index (χ4v) is 3.27. The molecule has 0 N–H and O–H groups in total. The number of rotatable bonds is 8. The number of nitrogens with zero attached hydrogens (tertiary/aromatic N) is 2. The van der Waals surface area contributed by atoms with E-state index in [0.29, 0.717) is 25.4 Å².